The first kappa shape index (κ1) is 28.6. The summed E-state index contributed by atoms with van der Waals surface area (Å²) in [5, 5.41) is 9.67. The van der Waals surface area contributed by atoms with Crippen molar-refractivity contribution in [3.63, 3.8) is 0 Å². The molecule has 2 saturated heterocycles. The summed E-state index contributed by atoms with van der Waals surface area (Å²) in [7, 11) is 0. The Kier molecular flexibility index (Phi) is 7.66. The SMILES string of the molecule is CCOc1ccc(N2CC=C[C@@]3(C)S[C@]45C=CCN(Cc6ccccc6)C(=O)C4N(CCCO)C(=O)[C@@H]5[C@H]3C2=O)cc1. The van der Waals surface area contributed by atoms with Crippen molar-refractivity contribution in [3.8, 4) is 5.75 Å². The van der Waals surface area contributed by atoms with Gasteiger partial charge < -0.3 is 24.5 Å². The summed E-state index contributed by atoms with van der Waals surface area (Å²) in [6, 6.07) is 16.5. The first-order chi connectivity index (χ1) is 20.3. The molecular formula is C33H37N3O5S. The molecule has 5 atom stereocenters. The fraction of sp³-hybridized carbons (Fsp3) is 0.424. The van der Waals surface area contributed by atoms with Crippen molar-refractivity contribution < 1.29 is 24.2 Å². The van der Waals surface area contributed by atoms with Crippen LogP contribution in [0.5, 0.6) is 5.75 Å². The van der Waals surface area contributed by atoms with Gasteiger partial charge in [-0.2, -0.15) is 0 Å². The molecule has 0 aromatic heterocycles. The molecule has 8 nitrogen and oxygen atoms in total. The number of aliphatic hydroxyl groups is 1. The van der Waals surface area contributed by atoms with E-state index in [-0.39, 0.29) is 30.9 Å². The zero-order valence-electron chi connectivity index (χ0n) is 24.0. The standard InChI is InChI=1S/C33H37N3O5S/c1-3-41-25-14-12-24(13-15-25)35-19-7-16-32(2)26(29(35)38)27-30(39)36(20-9-21-37)28-31(40)34(18-8-17-33(27,28)42-32)22-23-10-5-4-6-11-23/h4-8,10-17,26-28,37H,3,9,18-22H2,1-2H3/t26-,27-,28?,32+,33-/m0/s1. The second-order valence-corrected chi connectivity index (χ2v) is 13.3. The van der Waals surface area contributed by atoms with Crippen molar-refractivity contribution in [2.75, 3.05) is 37.7 Å². The molecule has 2 fully saturated rings. The number of amides is 3. The van der Waals surface area contributed by atoms with Gasteiger partial charge in [-0.05, 0) is 50.1 Å². The van der Waals surface area contributed by atoms with E-state index in [9.17, 15) is 19.5 Å². The molecule has 2 aromatic carbocycles. The highest BCUT2D eigenvalue weighted by atomic mass is 32.2. The van der Waals surface area contributed by atoms with Crippen molar-refractivity contribution >= 4 is 35.2 Å². The minimum atomic E-state index is -0.906. The molecule has 0 saturated carbocycles. The summed E-state index contributed by atoms with van der Waals surface area (Å²) in [6.45, 7) is 5.92. The second-order valence-electron chi connectivity index (χ2n) is 11.5. The molecule has 4 aliphatic rings. The number of fused-ring (bicyclic) bond motifs is 2. The Bertz CT molecular complexity index is 1410. The van der Waals surface area contributed by atoms with E-state index >= 15 is 0 Å². The van der Waals surface area contributed by atoms with Gasteiger partial charge in [0.2, 0.25) is 17.7 Å². The van der Waals surface area contributed by atoms with Gasteiger partial charge in [0.15, 0.2) is 0 Å². The van der Waals surface area contributed by atoms with Crippen molar-refractivity contribution in [1.29, 1.82) is 0 Å². The average molecular weight is 588 g/mol. The van der Waals surface area contributed by atoms with Crippen LogP contribution in [0.25, 0.3) is 0 Å². The smallest absolute Gasteiger partial charge is 0.247 e. The Hall–Kier alpha value is -3.56. The molecule has 4 heterocycles. The lowest BCUT2D eigenvalue weighted by Crippen LogP contribution is -2.53. The fourth-order valence-electron chi connectivity index (χ4n) is 7.12. The van der Waals surface area contributed by atoms with E-state index in [0.717, 1.165) is 17.0 Å². The highest BCUT2D eigenvalue weighted by molar-refractivity contribution is 8.02. The number of nitrogens with zero attached hydrogens (tertiary/aromatic N) is 3. The summed E-state index contributed by atoms with van der Waals surface area (Å²) < 4.78 is 4.01. The van der Waals surface area contributed by atoms with Crippen LogP contribution in [0.3, 0.4) is 0 Å². The number of hydrogen-bond donors (Lipinski definition) is 1. The van der Waals surface area contributed by atoms with Gasteiger partial charge in [-0.25, -0.2) is 0 Å². The van der Waals surface area contributed by atoms with Gasteiger partial charge in [-0.3, -0.25) is 14.4 Å². The summed E-state index contributed by atoms with van der Waals surface area (Å²) in [4.78, 5) is 48.5. The normalized spacial score (nSPS) is 30.2. The first-order valence-corrected chi connectivity index (χ1v) is 15.5. The van der Waals surface area contributed by atoms with Gasteiger partial charge in [-0.15, -0.1) is 11.8 Å². The van der Waals surface area contributed by atoms with E-state index in [1.54, 1.807) is 26.5 Å². The number of carbonyl (C=O) groups excluding carboxylic acids is 3. The lowest BCUT2D eigenvalue weighted by molar-refractivity contribution is -0.143. The Morgan fingerprint density at radius 3 is 2.38 bits per heavy atom. The Labute approximate surface area is 251 Å². The van der Waals surface area contributed by atoms with Crippen LogP contribution in [0.15, 0.2) is 78.9 Å². The van der Waals surface area contributed by atoms with Crippen LogP contribution >= 0.6 is 11.8 Å². The maximum atomic E-state index is 14.5. The number of anilines is 1. The van der Waals surface area contributed by atoms with Gasteiger partial charge in [0.25, 0.3) is 0 Å². The number of thioether (sulfide) groups is 1. The lowest BCUT2D eigenvalue weighted by Gasteiger charge is -2.36. The number of hydrogen-bond acceptors (Lipinski definition) is 6. The summed E-state index contributed by atoms with van der Waals surface area (Å²) in [5.74, 6) is -1.08. The second kappa shape index (κ2) is 11.3. The van der Waals surface area contributed by atoms with E-state index < -0.39 is 27.4 Å². The molecular weight excluding hydrogens is 550 g/mol. The predicted octanol–water partition coefficient (Wildman–Crippen LogP) is 3.66. The van der Waals surface area contributed by atoms with Gasteiger partial charge in [0, 0.05) is 43.2 Å². The molecule has 0 radical (unpaired) electrons. The third kappa shape index (κ3) is 4.63. The number of rotatable bonds is 8. The molecule has 9 heteroatoms. The largest absolute Gasteiger partial charge is 0.494 e. The highest BCUT2D eigenvalue weighted by Crippen LogP contribution is 2.65. The maximum Gasteiger partial charge on any atom is 0.247 e. The molecule has 0 bridgehead atoms. The van der Waals surface area contributed by atoms with Gasteiger partial charge in [-0.1, -0.05) is 54.6 Å². The lowest BCUT2D eigenvalue weighted by atomic mass is 9.74. The molecule has 1 N–H and O–H groups in total. The molecule has 2 aromatic rings. The maximum absolute atomic E-state index is 14.5. The van der Waals surface area contributed by atoms with Crippen LogP contribution in [0.2, 0.25) is 0 Å². The predicted molar refractivity (Wildman–Crippen MR) is 163 cm³/mol. The number of aliphatic hydroxyl groups excluding tert-OH is 1. The van der Waals surface area contributed by atoms with Gasteiger partial charge >= 0.3 is 0 Å². The van der Waals surface area contributed by atoms with Crippen LogP contribution in [0.1, 0.15) is 25.8 Å². The van der Waals surface area contributed by atoms with E-state index in [1.165, 1.54) is 0 Å². The molecule has 3 amide bonds. The fourth-order valence-corrected chi connectivity index (χ4v) is 9.27. The van der Waals surface area contributed by atoms with Gasteiger partial charge in [0.05, 0.1) is 23.2 Å². The van der Waals surface area contributed by atoms with E-state index in [2.05, 4.69) is 6.08 Å². The Morgan fingerprint density at radius 2 is 1.67 bits per heavy atom. The molecule has 4 aliphatic heterocycles. The van der Waals surface area contributed by atoms with Crippen LogP contribution in [-0.2, 0) is 20.9 Å². The minimum absolute atomic E-state index is 0.0899. The van der Waals surface area contributed by atoms with Crippen molar-refractivity contribution in [2.45, 2.75) is 42.3 Å². The third-order valence-electron chi connectivity index (χ3n) is 8.87. The zero-order chi connectivity index (χ0) is 29.5. The summed E-state index contributed by atoms with van der Waals surface area (Å²) in [5.41, 5.74) is 1.75. The minimum Gasteiger partial charge on any atom is -0.494 e. The highest BCUT2D eigenvalue weighted by Gasteiger charge is 2.73. The van der Waals surface area contributed by atoms with E-state index in [1.807, 2.05) is 86.7 Å². The Balaban J connectivity index is 1.39. The molecule has 1 unspecified atom stereocenters. The van der Waals surface area contributed by atoms with Crippen molar-refractivity contribution in [2.24, 2.45) is 11.8 Å². The third-order valence-corrected chi connectivity index (χ3v) is 10.7. The van der Waals surface area contributed by atoms with Crippen molar-refractivity contribution in [1.82, 2.24) is 9.80 Å². The number of likely N-dealkylation sites (tertiary alicyclic amines) is 1. The molecule has 6 rings (SSSR count). The topological polar surface area (TPSA) is 90.4 Å². The first-order valence-electron chi connectivity index (χ1n) is 14.7. The number of carbonyl (C=O) groups is 3. The summed E-state index contributed by atoms with van der Waals surface area (Å²) in [6.07, 6.45) is 8.46. The number of ether oxygens (including phenoxy) is 1. The monoisotopic (exact) mass is 587 g/mol. The Morgan fingerprint density at radius 1 is 0.929 bits per heavy atom. The average Bonchev–Trinajstić information content (AvgIpc) is 3.26. The van der Waals surface area contributed by atoms with Gasteiger partial charge in [0.1, 0.15) is 11.8 Å². The molecule has 42 heavy (non-hydrogen) atoms. The van der Waals surface area contributed by atoms with Crippen LogP contribution in [0, 0.1) is 11.8 Å². The van der Waals surface area contributed by atoms with E-state index in [4.69, 9.17) is 4.74 Å². The zero-order valence-corrected chi connectivity index (χ0v) is 24.8. The van der Waals surface area contributed by atoms with Crippen molar-refractivity contribution in [3.05, 3.63) is 84.5 Å². The number of benzene rings is 2. The van der Waals surface area contributed by atoms with Crippen LogP contribution < -0.4 is 9.64 Å². The summed E-state index contributed by atoms with van der Waals surface area (Å²) >= 11 is 1.58. The molecule has 1 spiro atoms. The van der Waals surface area contributed by atoms with Crippen LogP contribution in [-0.4, -0.2) is 81.0 Å². The molecule has 220 valence electrons. The quantitative estimate of drug-likeness (QED) is 0.475. The molecule has 0 aliphatic carbocycles. The van der Waals surface area contributed by atoms with E-state index in [0.29, 0.717) is 32.7 Å². The van der Waals surface area contributed by atoms with Crippen LogP contribution in [0.4, 0.5) is 5.69 Å².